The highest BCUT2D eigenvalue weighted by Crippen LogP contribution is 2.35. The zero-order chi connectivity index (χ0) is 29.1. The summed E-state index contributed by atoms with van der Waals surface area (Å²) in [6.45, 7) is 7.45. The van der Waals surface area contributed by atoms with E-state index in [0.717, 1.165) is 33.7 Å². The Kier molecular flexibility index (Phi) is 5.60. The van der Waals surface area contributed by atoms with Crippen LogP contribution in [0.1, 0.15) is 0 Å². The van der Waals surface area contributed by atoms with Gasteiger partial charge in [0, 0.05) is 33.7 Å². The van der Waals surface area contributed by atoms with Gasteiger partial charge < -0.3 is 0 Å². The summed E-state index contributed by atoms with van der Waals surface area (Å²) in [5.74, 6) is -2.80. The third kappa shape index (κ3) is 3.89. The standard InChI is InChI=1S/C34H14F4N4/c1-40-42-34-30-11-18(20-8-23(37)13-24(38)9-20)3-5-26(30)28-14-31-27(15-32(28)34)25-4-2-17(10-29(25)33(31)41-16-39)19-6-21(35)12-22(36)7-19/h2-15H/b41-33+,42-34+. The van der Waals surface area contributed by atoms with Crippen molar-refractivity contribution in [2.24, 2.45) is 10.1 Å². The van der Waals surface area contributed by atoms with Gasteiger partial charge in [0.25, 0.3) is 0 Å². The summed E-state index contributed by atoms with van der Waals surface area (Å²) < 4.78 is 55.8. The SMILES string of the molecule is [C-]#[N+]/N=c1\c2cc(-c3cc(F)cc(F)c3)ccc2c2cc3/c(=N/C#N)c4cc(-c5cc(F)cc(F)c5)ccc4c3cc12. The molecule has 42 heavy (non-hydrogen) atoms. The van der Waals surface area contributed by atoms with Crippen LogP contribution < -0.4 is 10.7 Å². The van der Waals surface area contributed by atoms with Crippen molar-refractivity contribution in [2.75, 3.05) is 0 Å². The maximum absolute atomic E-state index is 13.9. The highest BCUT2D eigenvalue weighted by atomic mass is 19.1. The van der Waals surface area contributed by atoms with Gasteiger partial charge in [-0.15, -0.1) is 4.95 Å². The quantitative estimate of drug-likeness (QED) is 0.0920. The first-order valence-corrected chi connectivity index (χ1v) is 12.7. The van der Waals surface area contributed by atoms with Gasteiger partial charge in [-0.2, -0.15) is 16.8 Å². The van der Waals surface area contributed by atoms with E-state index in [0.29, 0.717) is 54.5 Å². The fourth-order valence-corrected chi connectivity index (χ4v) is 5.81. The van der Waals surface area contributed by atoms with E-state index in [1.54, 1.807) is 24.3 Å². The van der Waals surface area contributed by atoms with Gasteiger partial charge in [-0.05, 0) is 92.3 Å². The van der Waals surface area contributed by atoms with Gasteiger partial charge >= 0.3 is 0 Å². The second-order valence-corrected chi connectivity index (χ2v) is 9.89. The van der Waals surface area contributed by atoms with Gasteiger partial charge in [0.05, 0.1) is 10.5 Å². The van der Waals surface area contributed by atoms with Crippen molar-refractivity contribution in [1.29, 1.82) is 5.26 Å². The Bertz CT molecular complexity index is 2270. The predicted octanol–water partition coefficient (Wildman–Crippen LogP) is 8.18. The van der Waals surface area contributed by atoms with Crippen molar-refractivity contribution in [2.45, 2.75) is 0 Å². The van der Waals surface area contributed by atoms with Gasteiger partial charge in [-0.3, -0.25) is 0 Å². The molecular weight excluding hydrogens is 540 g/mol. The van der Waals surface area contributed by atoms with Crippen LogP contribution in [0.3, 0.4) is 0 Å². The lowest BCUT2D eigenvalue weighted by Gasteiger charge is -2.03. The molecule has 0 spiro atoms. The molecule has 0 saturated carbocycles. The van der Waals surface area contributed by atoms with E-state index in [-0.39, 0.29) is 0 Å². The average Bonchev–Trinajstić information content (AvgIpc) is 3.42. The summed E-state index contributed by atoms with van der Waals surface area (Å²) >= 11 is 0. The van der Waals surface area contributed by atoms with Crippen molar-refractivity contribution in [1.82, 2.24) is 0 Å². The Morgan fingerprint density at radius 3 is 1.38 bits per heavy atom. The van der Waals surface area contributed by atoms with Crippen LogP contribution >= 0.6 is 0 Å². The minimum absolute atomic E-state index is 0.347. The van der Waals surface area contributed by atoms with E-state index < -0.39 is 23.3 Å². The summed E-state index contributed by atoms with van der Waals surface area (Å²) in [5.41, 5.74) is 1.81. The van der Waals surface area contributed by atoms with Crippen molar-refractivity contribution in [3.05, 3.63) is 130 Å². The smallest absolute Gasteiger partial charge is 0.206 e. The number of benzene rings is 5. The molecular formula is C34H14F4N4. The van der Waals surface area contributed by atoms with Gasteiger partial charge in [-0.25, -0.2) is 17.6 Å². The molecule has 0 aromatic heterocycles. The summed E-state index contributed by atoms with van der Waals surface area (Å²) in [7, 11) is 0. The molecule has 0 bridgehead atoms. The normalized spacial score (nSPS) is 12.5. The Morgan fingerprint density at radius 1 is 0.500 bits per heavy atom. The number of fused-ring (bicyclic) bond motifs is 6. The Morgan fingerprint density at radius 2 is 0.929 bits per heavy atom. The van der Waals surface area contributed by atoms with Crippen molar-refractivity contribution in [3.8, 4) is 28.4 Å². The highest BCUT2D eigenvalue weighted by Gasteiger charge is 2.18. The first-order chi connectivity index (χ1) is 20.3. The summed E-state index contributed by atoms with van der Waals surface area (Å²) in [4.78, 5) is 7.39. The highest BCUT2D eigenvalue weighted by molar-refractivity contribution is 6.21. The van der Waals surface area contributed by atoms with Crippen molar-refractivity contribution >= 4 is 43.1 Å². The zero-order valence-electron chi connectivity index (χ0n) is 21.4. The minimum atomic E-state index is -0.702. The monoisotopic (exact) mass is 554 g/mol. The van der Waals surface area contributed by atoms with Crippen molar-refractivity contribution in [3.63, 3.8) is 0 Å². The van der Waals surface area contributed by atoms with Crippen LogP contribution in [-0.2, 0) is 0 Å². The van der Waals surface area contributed by atoms with Gasteiger partial charge in [0.2, 0.25) is 6.19 Å². The Labute approximate surface area is 234 Å². The maximum atomic E-state index is 13.9. The lowest BCUT2D eigenvalue weighted by molar-refractivity contribution is 0.583. The molecule has 0 radical (unpaired) electrons. The number of hydrogen-bond donors (Lipinski definition) is 0. The van der Waals surface area contributed by atoms with E-state index in [1.165, 1.54) is 24.3 Å². The molecule has 7 aromatic rings. The molecule has 8 heteroatoms. The van der Waals surface area contributed by atoms with Gasteiger partial charge in [0.1, 0.15) is 23.3 Å². The van der Waals surface area contributed by atoms with E-state index >= 15 is 0 Å². The third-order valence-electron chi connectivity index (χ3n) is 7.50. The number of nitrogens with zero attached hydrogens (tertiary/aromatic N) is 4. The average molecular weight is 555 g/mol. The first-order valence-electron chi connectivity index (χ1n) is 12.7. The lowest BCUT2D eigenvalue weighted by Crippen LogP contribution is -1.99. The zero-order valence-corrected chi connectivity index (χ0v) is 21.4. The number of halogens is 4. The molecule has 0 aliphatic carbocycles. The molecule has 0 unspecified atom stereocenters. The van der Waals surface area contributed by atoms with E-state index in [4.69, 9.17) is 6.57 Å². The van der Waals surface area contributed by atoms with Crippen LogP contribution in [0.2, 0.25) is 0 Å². The Hall–Kier alpha value is -5.86. The molecule has 0 fully saturated rings. The molecule has 7 rings (SSSR count). The van der Waals surface area contributed by atoms with Gasteiger partial charge in [-0.1, -0.05) is 24.3 Å². The topological polar surface area (TPSA) is 52.9 Å². The number of hydrogen-bond acceptors (Lipinski definition) is 3. The predicted molar refractivity (Wildman–Crippen MR) is 153 cm³/mol. The molecule has 0 amide bonds. The van der Waals surface area contributed by atoms with E-state index in [9.17, 15) is 22.8 Å². The third-order valence-corrected chi connectivity index (χ3v) is 7.50. The van der Waals surface area contributed by atoms with Crippen molar-refractivity contribution < 1.29 is 17.6 Å². The fraction of sp³-hybridized carbons (Fsp3) is 0. The van der Waals surface area contributed by atoms with Crippen LogP contribution in [0.5, 0.6) is 0 Å². The van der Waals surface area contributed by atoms with Crippen LogP contribution in [-0.4, -0.2) is 0 Å². The molecule has 0 aliphatic rings. The molecule has 7 aromatic carbocycles. The molecule has 4 nitrogen and oxygen atoms in total. The summed E-state index contributed by atoms with van der Waals surface area (Å²) in [6.07, 6.45) is 1.86. The largest absolute Gasteiger partial charge is 0.207 e. The van der Waals surface area contributed by atoms with E-state index in [2.05, 4.69) is 15.0 Å². The van der Waals surface area contributed by atoms with Crippen LogP contribution in [0, 0.1) is 41.3 Å². The summed E-state index contributed by atoms with van der Waals surface area (Å²) in [5, 5.41) is 20.1. The Balaban J connectivity index is 1.54. The number of rotatable bonds is 2. The second kappa shape index (κ2) is 9.36. The van der Waals surface area contributed by atoms with E-state index in [1.807, 2.05) is 30.5 Å². The van der Waals surface area contributed by atoms with Crippen LogP contribution in [0.25, 0.3) is 70.3 Å². The van der Waals surface area contributed by atoms with Crippen LogP contribution in [0.4, 0.5) is 17.6 Å². The minimum Gasteiger partial charge on any atom is -0.207 e. The number of nitriles is 1. The van der Waals surface area contributed by atoms with Gasteiger partial charge in [0.15, 0.2) is 5.36 Å². The molecule has 0 heterocycles. The lowest BCUT2D eigenvalue weighted by atomic mass is 10.0. The molecule has 198 valence electrons. The molecule has 0 N–H and O–H groups in total. The first kappa shape index (κ1) is 25.1. The molecule has 0 saturated heterocycles. The van der Waals surface area contributed by atoms with Crippen LogP contribution in [0.15, 0.2) is 95.0 Å². The molecule has 0 aliphatic heterocycles. The fourth-order valence-electron chi connectivity index (χ4n) is 5.81. The summed E-state index contributed by atoms with van der Waals surface area (Å²) in [6, 6.07) is 20.9. The molecule has 0 atom stereocenters. The second-order valence-electron chi connectivity index (χ2n) is 9.89. The maximum Gasteiger partial charge on any atom is 0.206 e.